The summed E-state index contributed by atoms with van der Waals surface area (Å²) in [5.74, 6) is 0.145. The summed E-state index contributed by atoms with van der Waals surface area (Å²) in [7, 11) is 3.35. The van der Waals surface area contributed by atoms with Crippen LogP contribution in [0.5, 0.6) is 0 Å². The molecule has 0 unspecified atom stereocenters. The van der Waals surface area contributed by atoms with Crippen molar-refractivity contribution in [3.63, 3.8) is 0 Å². The molecule has 0 saturated heterocycles. The van der Waals surface area contributed by atoms with Crippen LogP contribution in [-0.4, -0.2) is 26.7 Å². The minimum Gasteiger partial charge on any atom is -0.357 e. The lowest BCUT2D eigenvalue weighted by molar-refractivity contribution is -0.385. The maximum atomic E-state index is 13.3. The first-order valence-corrected chi connectivity index (χ1v) is 5.05. The van der Waals surface area contributed by atoms with Crippen LogP contribution in [0.3, 0.4) is 0 Å². The molecule has 1 N–H and O–H groups in total. The summed E-state index contributed by atoms with van der Waals surface area (Å²) in [4.78, 5) is 10.0. The molecule has 0 fully saturated rings. The van der Waals surface area contributed by atoms with Gasteiger partial charge >= 0.3 is 0 Å². The SMILES string of the molecule is CNc1nnc(-c2cc(F)cc([N+](=O)[O-])c2)n1C. The van der Waals surface area contributed by atoms with Gasteiger partial charge in [-0.3, -0.25) is 14.7 Å². The Hall–Kier alpha value is -2.51. The second-order valence-corrected chi connectivity index (χ2v) is 3.61. The number of hydrogen-bond donors (Lipinski definition) is 1. The monoisotopic (exact) mass is 251 g/mol. The van der Waals surface area contributed by atoms with Crippen molar-refractivity contribution in [1.82, 2.24) is 14.8 Å². The number of anilines is 1. The highest BCUT2D eigenvalue weighted by Crippen LogP contribution is 2.25. The standard InChI is InChI=1S/C10H10FN5O2/c1-12-10-14-13-9(15(10)2)6-3-7(11)5-8(4-6)16(17)18/h3-5H,1-2H3,(H,12,14). The Morgan fingerprint density at radius 2 is 2.11 bits per heavy atom. The smallest absolute Gasteiger partial charge is 0.273 e. The van der Waals surface area contributed by atoms with Gasteiger partial charge in [0.25, 0.3) is 5.69 Å². The first-order chi connectivity index (χ1) is 8.52. The van der Waals surface area contributed by atoms with E-state index in [1.807, 2.05) is 0 Å². The highest BCUT2D eigenvalue weighted by Gasteiger charge is 2.15. The Morgan fingerprint density at radius 1 is 1.39 bits per heavy atom. The largest absolute Gasteiger partial charge is 0.357 e. The van der Waals surface area contributed by atoms with Crippen molar-refractivity contribution in [2.45, 2.75) is 0 Å². The lowest BCUT2D eigenvalue weighted by Crippen LogP contribution is -2.00. The molecule has 0 spiro atoms. The number of non-ortho nitro benzene ring substituents is 1. The van der Waals surface area contributed by atoms with E-state index in [4.69, 9.17) is 0 Å². The lowest BCUT2D eigenvalue weighted by atomic mass is 10.2. The fraction of sp³-hybridized carbons (Fsp3) is 0.200. The number of nitrogens with one attached hydrogen (secondary N) is 1. The molecule has 0 amide bonds. The molecular formula is C10H10FN5O2. The van der Waals surface area contributed by atoms with Crippen molar-refractivity contribution in [2.24, 2.45) is 7.05 Å². The number of nitro groups is 1. The van der Waals surface area contributed by atoms with E-state index in [1.54, 1.807) is 18.7 Å². The topological polar surface area (TPSA) is 85.9 Å². The van der Waals surface area contributed by atoms with Gasteiger partial charge in [0.05, 0.1) is 11.0 Å². The first-order valence-electron chi connectivity index (χ1n) is 5.05. The van der Waals surface area contributed by atoms with Gasteiger partial charge in [-0.25, -0.2) is 4.39 Å². The quantitative estimate of drug-likeness (QED) is 0.661. The summed E-state index contributed by atoms with van der Waals surface area (Å²) in [6.07, 6.45) is 0. The molecule has 0 aliphatic carbocycles. The molecule has 1 heterocycles. The third-order valence-corrected chi connectivity index (χ3v) is 2.45. The minimum atomic E-state index is -0.687. The van der Waals surface area contributed by atoms with Gasteiger partial charge in [-0.1, -0.05) is 0 Å². The van der Waals surface area contributed by atoms with Gasteiger partial charge in [0.15, 0.2) is 5.82 Å². The molecule has 0 aliphatic rings. The van der Waals surface area contributed by atoms with E-state index in [2.05, 4.69) is 15.5 Å². The number of nitrogens with zero attached hydrogens (tertiary/aromatic N) is 4. The first kappa shape index (κ1) is 12.0. The molecule has 1 aromatic heterocycles. The van der Waals surface area contributed by atoms with Crippen LogP contribution < -0.4 is 5.32 Å². The summed E-state index contributed by atoms with van der Waals surface area (Å²) < 4.78 is 14.9. The molecule has 18 heavy (non-hydrogen) atoms. The van der Waals surface area contributed by atoms with Crippen LogP contribution in [-0.2, 0) is 7.05 Å². The molecule has 0 saturated carbocycles. The van der Waals surface area contributed by atoms with Crippen molar-refractivity contribution in [3.05, 3.63) is 34.1 Å². The average Bonchev–Trinajstić information content (AvgIpc) is 2.69. The molecule has 0 bridgehead atoms. The Balaban J connectivity index is 2.56. The van der Waals surface area contributed by atoms with Gasteiger partial charge in [0.1, 0.15) is 5.82 Å². The van der Waals surface area contributed by atoms with Gasteiger partial charge in [-0.05, 0) is 6.07 Å². The van der Waals surface area contributed by atoms with E-state index in [9.17, 15) is 14.5 Å². The maximum absolute atomic E-state index is 13.3. The molecule has 94 valence electrons. The number of halogens is 1. The van der Waals surface area contributed by atoms with Crippen molar-refractivity contribution >= 4 is 11.6 Å². The molecule has 0 radical (unpaired) electrons. The van der Waals surface area contributed by atoms with Crippen LogP contribution in [0.15, 0.2) is 18.2 Å². The fourth-order valence-electron chi connectivity index (χ4n) is 1.61. The predicted octanol–water partition coefficient (Wildman–Crippen LogP) is 1.57. The Bertz CT molecular complexity index is 610. The highest BCUT2D eigenvalue weighted by molar-refractivity contribution is 5.61. The van der Waals surface area contributed by atoms with E-state index in [-0.39, 0.29) is 5.69 Å². The maximum Gasteiger partial charge on any atom is 0.273 e. The highest BCUT2D eigenvalue weighted by atomic mass is 19.1. The summed E-state index contributed by atoms with van der Waals surface area (Å²) in [5.41, 5.74) is -0.0165. The molecule has 2 rings (SSSR count). The Morgan fingerprint density at radius 3 is 2.67 bits per heavy atom. The molecule has 1 aromatic carbocycles. The second-order valence-electron chi connectivity index (χ2n) is 3.61. The van der Waals surface area contributed by atoms with E-state index >= 15 is 0 Å². The van der Waals surface area contributed by atoms with Crippen LogP contribution in [0.1, 0.15) is 0 Å². The van der Waals surface area contributed by atoms with Crippen molar-refractivity contribution in [1.29, 1.82) is 0 Å². The number of hydrogen-bond acceptors (Lipinski definition) is 5. The molecule has 0 atom stereocenters. The number of rotatable bonds is 3. The lowest BCUT2D eigenvalue weighted by Gasteiger charge is -2.03. The van der Waals surface area contributed by atoms with Gasteiger partial charge in [-0.15, -0.1) is 10.2 Å². The number of aromatic nitrogens is 3. The van der Waals surface area contributed by atoms with Crippen LogP contribution in [0, 0.1) is 15.9 Å². The fourth-order valence-corrected chi connectivity index (χ4v) is 1.61. The van der Waals surface area contributed by atoms with Gasteiger partial charge in [-0.2, -0.15) is 0 Å². The normalized spacial score (nSPS) is 10.4. The van der Waals surface area contributed by atoms with E-state index in [1.165, 1.54) is 12.1 Å². The van der Waals surface area contributed by atoms with E-state index < -0.39 is 10.7 Å². The van der Waals surface area contributed by atoms with Crippen LogP contribution in [0.4, 0.5) is 16.0 Å². The van der Waals surface area contributed by atoms with Gasteiger partial charge in [0, 0.05) is 25.7 Å². The number of benzene rings is 1. The van der Waals surface area contributed by atoms with Gasteiger partial charge in [0.2, 0.25) is 5.95 Å². The minimum absolute atomic E-state index is 0.304. The Kier molecular flexibility index (Phi) is 2.92. The van der Waals surface area contributed by atoms with Crippen LogP contribution in [0.25, 0.3) is 11.4 Å². The second kappa shape index (κ2) is 4.40. The van der Waals surface area contributed by atoms with E-state index in [0.717, 1.165) is 6.07 Å². The summed E-state index contributed by atoms with van der Waals surface area (Å²) in [5, 5.41) is 21.1. The van der Waals surface area contributed by atoms with E-state index in [0.29, 0.717) is 17.3 Å². The molecule has 0 aliphatic heterocycles. The summed E-state index contributed by atoms with van der Waals surface area (Å²) in [6.45, 7) is 0. The van der Waals surface area contributed by atoms with Crippen molar-refractivity contribution < 1.29 is 9.31 Å². The molecule has 2 aromatic rings. The van der Waals surface area contributed by atoms with Crippen LogP contribution >= 0.6 is 0 Å². The predicted molar refractivity (Wildman–Crippen MR) is 62.6 cm³/mol. The summed E-state index contributed by atoms with van der Waals surface area (Å²) in [6, 6.07) is 3.29. The zero-order valence-electron chi connectivity index (χ0n) is 9.72. The zero-order valence-corrected chi connectivity index (χ0v) is 9.72. The van der Waals surface area contributed by atoms with Crippen LogP contribution in [0.2, 0.25) is 0 Å². The van der Waals surface area contributed by atoms with Gasteiger partial charge < -0.3 is 5.32 Å². The Labute approximate surface area is 101 Å². The molecular weight excluding hydrogens is 241 g/mol. The number of nitro benzene ring substituents is 1. The average molecular weight is 251 g/mol. The molecule has 7 nitrogen and oxygen atoms in total. The third kappa shape index (κ3) is 1.99. The van der Waals surface area contributed by atoms with Crippen molar-refractivity contribution in [3.8, 4) is 11.4 Å². The molecule has 8 heteroatoms. The third-order valence-electron chi connectivity index (χ3n) is 2.45. The summed E-state index contributed by atoms with van der Waals surface area (Å²) >= 11 is 0. The zero-order chi connectivity index (χ0) is 13.3. The van der Waals surface area contributed by atoms with Crippen molar-refractivity contribution in [2.75, 3.05) is 12.4 Å².